The summed E-state index contributed by atoms with van der Waals surface area (Å²) in [6.45, 7) is 10.8. The van der Waals surface area contributed by atoms with Gasteiger partial charge in [0.05, 0.1) is 6.54 Å². The molecule has 0 aliphatic carbocycles. The van der Waals surface area contributed by atoms with Gasteiger partial charge in [-0.3, -0.25) is 4.79 Å². The maximum Gasteiger partial charge on any atom is 0.236 e. The van der Waals surface area contributed by atoms with Crippen LogP contribution in [0.1, 0.15) is 33.6 Å². The Hall–Kier alpha value is -0.650. The van der Waals surface area contributed by atoms with Crippen LogP contribution in [0.5, 0.6) is 0 Å². The van der Waals surface area contributed by atoms with Crippen LogP contribution in [-0.2, 0) is 4.79 Å². The van der Waals surface area contributed by atoms with Crippen molar-refractivity contribution in [1.82, 2.24) is 20.0 Å². The zero-order valence-corrected chi connectivity index (χ0v) is 14.8. The molecule has 0 aromatic heterocycles. The molecule has 5 heteroatoms. The Morgan fingerprint density at radius 3 is 2.29 bits per heavy atom. The van der Waals surface area contributed by atoms with Crippen molar-refractivity contribution in [3.05, 3.63) is 0 Å². The molecular formula is C16H34N4O. The van der Waals surface area contributed by atoms with Crippen molar-refractivity contribution in [2.24, 2.45) is 0 Å². The fourth-order valence-corrected chi connectivity index (χ4v) is 2.53. The average molecular weight is 298 g/mol. The fourth-order valence-electron chi connectivity index (χ4n) is 2.53. The summed E-state index contributed by atoms with van der Waals surface area (Å²) >= 11 is 0. The van der Waals surface area contributed by atoms with Gasteiger partial charge in [-0.2, -0.15) is 0 Å². The van der Waals surface area contributed by atoms with Gasteiger partial charge < -0.3 is 20.0 Å². The van der Waals surface area contributed by atoms with Gasteiger partial charge in [-0.25, -0.2) is 0 Å². The Morgan fingerprint density at radius 1 is 1.19 bits per heavy atom. The highest BCUT2D eigenvalue weighted by atomic mass is 16.2. The molecule has 0 atom stereocenters. The third kappa shape index (κ3) is 7.25. The first-order valence-corrected chi connectivity index (χ1v) is 8.07. The number of piperidine rings is 1. The van der Waals surface area contributed by atoms with Crippen LogP contribution >= 0.6 is 0 Å². The molecule has 0 aromatic rings. The smallest absolute Gasteiger partial charge is 0.236 e. The molecule has 1 heterocycles. The molecule has 1 aliphatic heterocycles. The molecule has 0 saturated carbocycles. The van der Waals surface area contributed by atoms with Crippen molar-refractivity contribution < 1.29 is 4.79 Å². The van der Waals surface area contributed by atoms with E-state index >= 15 is 0 Å². The average Bonchev–Trinajstić information content (AvgIpc) is 2.41. The number of rotatable bonds is 6. The van der Waals surface area contributed by atoms with E-state index in [9.17, 15) is 4.79 Å². The molecule has 1 saturated heterocycles. The van der Waals surface area contributed by atoms with Crippen molar-refractivity contribution in [2.45, 2.75) is 45.2 Å². The second kappa shape index (κ2) is 8.11. The third-order valence-electron chi connectivity index (χ3n) is 4.30. The number of nitrogens with one attached hydrogen (secondary N) is 1. The van der Waals surface area contributed by atoms with Gasteiger partial charge in [0.2, 0.25) is 5.91 Å². The van der Waals surface area contributed by atoms with Gasteiger partial charge in [-0.15, -0.1) is 0 Å². The molecule has 0 spiro atoms. The number of likely N-dealkylation sites (N-methyl/N-ethyl adjacent to an activating group) is 2. The lowest BCUT2D eigenvalue weighted by molar-refractivity contribution is -0.129. The number of hydrogen-bond acceptors (Lipinski definition) is 4. The van der Waals surface area contributed by atoms with Gasteiger partial charge in [-0.05, 0) is 60.8 Å². The van der Waals surface area contributed by atoms with Crippen LogP contribution in [0.2, 0.25) is 0 Å². The Balaban J connectivity index is 2.25. The van der Waals surface area contributed by atoms with Gasteiger partial charge in [-0.1, -0.05) is 0 Å². The summed E-state index contributed by atoms with van der Waals surface area (Å²) in [5.41, 5.74) is -0.0125. The van der Waals surface area contributed by atoms with Crippen LogP contribution in [0, 0.1) is 0 Å². The maximum atomic E-state index is 12.1. The first-order valence-electron chi connectivity index (χ1n) is 8.07. The van der Waals surface area contributed by atoms with Gasteiger partial charge in [0.25, 0.3) is 0 Å². The van der Waals surface area contributed by atoms with Gasteiger partial charge in [0.1, 0.15) is 0 Å². The largest absolute Gasteiger partial charge is 0.343 e. The lowest BCUT2D eigenvalue weighted by atomic mass is 10.0. The number of amides is 1. The lowest BCUT2D eigenvalue weighted by Gasteiger charge is -2.35. The minimum absolute atomic E-state index is 0.0125. The molecule has 21 heavy (non-hydrogen) atoms. The van der Waals surface area contributed by atoms with Crippen molar-refractivity contribution in [2.75, 3.05) is 53.9 Å². The van der Waals surface area contributed by atoms with Crippen molar-refractivity contribution in [3.63, 3.8) is 0 Å². The van der Waals surface area contributed by atoms with Crippen molar-refractivity contribution >= 4 is 5.91 Å². The van der Waals surface area contributed by atoms with E-state index in [0.29, 0.717) is 12.6 Å². The second-order valence-electron chi connectivity index (χ2n) is 7.43. The Bertz CT molecular complexity index is 319. The Labute approximate surface area is 130 Å². The standard InChI is InChI=1S/C16H34N4O/c1-16(2,3)17-13-15(21)20(6)12-11-19(5)14-7-9-18(4)10-8-14/h14,17H,7-13H2,1-6H3. The van der Waals surface area contributed by atoms with E-state index in [0.717, 1.165) is 13.1 Å². The van der Waals surface area contributed by atoms with Crippen LogP contribution in [-0.4, -0.2) is 86.1 Å². The van der Waals surface area contributed by atoms with Crippen LogP contribution < -0.4 is 5.32 Å². The molecule has 1 amide bonds. The third-order valence-corrected chi connectivity index (χ3v) is 4.30. The molecule has 1 rings (SSSR count). The second-order valence-corrected chi connectivity index (χ2v) is 7.43. The molecule has 5 nitrogen and oxygen atoms in total. The zero-order chi connectivity index (χ0) is 16.0. The summed E-state index contributed by atoms with van der Waals surface area (Å²) < 4.78 is 0. The van der Waals surface area contributed by atoms with Gasteiger partial charge in [0, 0.05) is 31.7 Å². The minimum atomic E-state index is -0.0125. The van der Waals surface area contributed by atoms with E-state index in [1.807, 2.05) is 11.9 Å². The quantitative estimate of drug-likeness (QED) is 0.789. The highest BCUT2D eigenvalue weighted by molar-refractivity contribution is 5.78. The summed E-state index contributed by atoms with van der Waals surface area (Å²) in [5, 5.41) is 3.25. The summed E-state index contributed by atoms with van der Waals surface area (Å²) in [6, 6.07) is 0.664. The molecule has 1 fully saturated rings. The SMILES string of the molecule is CN1CCC(N(C)CCN(C)C(=O)CNC(C)(C)C)CC1. The molecule has 124 valence electrons. The van der Waals surface area contributed by atoms with Crippen molar-refractivity contribution in [1.29, 1.82) is 0 Å². The van der Waals surface area contributed by atoms with E-state index in [1.165, 1.54) is 25.9 Å². The van der Waals surface area contributed by atoms with Gasteiger partial charge >= 0.3 is 0 Å². The normalized spacial score (nSPS) is 18.2. The lowest BCUT2D eigenvalue weighted by Crippen LogP contribution is -2.47. The topological polar surface area (TPSA) is 38.8 Å². The zero-order valence-electron chi connectivity index (χ0n) is 14.8. The van der Waals surface area contributed by atoms with Crippen molar-refractivity contribution in [3.8, 4) is 0 Å². The van der Waals surface area contributed by atoms with Gasteiger partial charge in [0.15, 0.2) is 0 Å². The van der Waals surface area contributed by atoms with E-state index in [4.69, 9.17) is 0 Å². The van der Waals surface area contributed by atoms with Crippen LogP contribution in [0.4, 0.5) is 0 Å². The highest BCUT2D eigenvalue weighted by Gasteiger charge is 2.21. The molecular weight excluding hydrogens is 264 g/mol. The Kier molecular flexibility index (Phi) is 7.10. The highest BCUT2D eigenvalue weighted by Crippen LogP contribution is 2.13. The predicted octanol–water partition coefficient (Wildman–Crippen LogP) is 0.859. The van der Waals surface area contributed by atoms with Crippen LogP contribution in [0.15, 0.2) is 0 Å². The number of carbonyl (C=O) groups excluding carboxylic acids is 1. The van der Waals surface area contributed by atoms with E-state index < -0.39 is 0 Å². The molecule has 0 bridgehead atoms. The molecule has 0 unspecified atom stereocenters. The maximum absolute atomic E-state index is 12.1. The van der Waals surface area contributed by atoms with E-state index in [2.05, 4.69) is 50.0 Å². The number of carbonyl (C=O) groups is 1. The fraction of sp³-hybridized carbons (Fsp3) is 0.938. The first kappa shape index (κ1) is 18.4. The number of likely N-dealkylation sites (tertiary alicyclic amines) is 1. The minimum Gasteiger partial charge on any atom is -0.343 e. The number of hydrogen-bond donors (Lipinski definition) is 1. The number of nitrogens with zero attached hydrogens (tertiary/aromatic N) is 3. The summed E-state index contributed by atoms with van der Waals surface area (Å²) in [7, 11) is 6.27. The first-order chi connectivity index (χ1) is 9.69. The van der Waals surface area contributed by atoms with Crippen LogP contribution in [0.25, 0.3) is 0 Å². The summed E-state index contributed by atoms with van der Waals surface area (Å²) in [5.74, 6) is 0.168. The summed E-state index contributed by atoms with van der Waals surface area (Å²) in [6.07, 6.45) is 2.46. The molecule has 1 aliphatic rings. The molecule has 0 aromatic carbocycles. The van der Waals surface area contributed by atoms with E-state index in [-0.39, 0.29) is 11.4 Å². The monoisotopic (exact) mass is 298 g/mol. The Morgan fingerprint density at radius 2 is 1.76 bits per heavy atom. The van der Waals surface area contributed by atoms with Crippen LogP contribution in [0.3, 0.4) is 0 Å². The van der Waals surface area contributed by atoms with E-state index in [1.54, 1.807) is 0 Å². The molecule has 0 radical (unpaired) electrons. The molecule has 1 N–H and O–H groups in total. The predicted molar refractivity (Wildman–Crippen MR) is 88.5 cm³/mol. The summed E-state index contributed by atoms with van der Waals surface area (Å²) in [4.78, 5) is 18.7.